The second-order valence-corrected chi connectivity index (χ2v) is 3.07. The van der Waals surface area contributed by atoms with E-state index < -0.39 is 5.97 Å². The van der Waals surface area contributed by atoms with E-state index in [1.807, 2.05) is 0 Å². The summed E-state index contributed by atoms with van der Waals surface area (Å²) in [6.45, 7) is 3.57. The van der Waals surface area contributed by atoms with Crippen molar-refractivity contribution in [2.75, 3.05) is 6.61 Å². The molecule has 0 bridgehead atoms. The quantitative estimate of drug-likeness (QED) is 0.422. The molecule has 15 heavy (non-hydrogen) atoms. The largest absolute Gasteiger partial charge is 0.463 e. The Balaban J connectivity index is 2.29. The molecule has 3 heteroatoms. The van der Waals surface area contributed by atoms with Crippen molar-refractivity contribution in [2.45, 2.75) is 12.8 Å². The van der Waals surface area contributed by atoms with Crippen molar-refractivity contribution in [1.29, 1.82) is 0 Å². The van der Waals surface area contributed by atoms with E-state index in [4.69, 9.17) is 4.74 Å². The van der Waals surface area contributed by atoms with Crippen LogP contribution in [0.5, 0.6) is 0 Å². The lowest BCUT2D eigenvalue weighted by molar-refractivity contribution is -0.137. The van der Waals surface area contributed by atoms with Crippen LogP contribution >= 0.6 is 0 Å². The molecule has 1 aromatic rings. The first-order valence-electron chi connectivity index (χ1n) is 4.76. The van der Waals surface area contributed by atoms with E-state index >= 15 is 0 Å². The first kappa shape index (κ1) is 11.4. The summed E-state index contributed by atoms with van der Waals surface area (Å²) in [7, 11) is 0. The molecular formula is C12H13FO2. The van der Waals surface area contributed by atoms with Gasteiger partial charge in [0.2, 0.25) is 0 Å². The molecule has 0 aliphatic heterocycles. The predicted molar refractivity (Wildman–Crippen MR) is 55.9 cm³/mol. The van der Waals surface area contributed by atoms with Crippen LogP contribution in [0.1, 0.15) is 12.0 Å². The van der Waals surface area contributed by atoms with Crippen LogP contribution in [0, 0.1) is 5.82 Å². The van der Waals surface area contributed by atoms with Crippen molar-refractivity contribution in [3.8, 4) is 0 Å². The van der Waals surface area contributed by atoms with Gasteiger partial charge in [0.1, 0.15) is 5.82 Å². The van der Waals surface area contributed by atoms with Gasteiger partial charge >= 0.3 is 5.97 Å². The average molecular weight is 208 g/mol. The molecule has 0 aliphatic carbocycles. The molecule has 0 saturated heterocycles. The maximum absolute atomic E-state index is 13.1. The third-order valence-corrected chi connectivity index (χ3v) is 1.96. The van der Waals surface area contributed by atoms with Crippen LogP contribution in [-0.4, -0.2) is 12.6 Å². The summed E-state index contributed by atoms with van der Waals surface area (Å²) in [5.41, 5.74) is 0.646. The molecule has 0 amide bonds. The van der Waals surface area contributed by atoms with E-state index in [2.05, 4.69) is 6.58 Å². The van der Waals surface area contributed by atoms with Crippen molar-refractivity contribution >= 4 is 5.97 Å². The molecule has 80 valence electrons. The summed E-state index contributed by atoms with van der Waals surface area (Å²) < 4.78 is 17.9. The summed E-state index contributed by atoms with van der Waals surface area (Å²) in [4.78, 5) is 10.7. The lowest BCUT2D eigenvalue weighted by Gasteiger charge is -2.03. The van der Waals surface area contributed by atoms with Gasteiger partial charge in [-0.25, -0.2) is 9.18 Å². The minimum Gasteiger partial charge on any atom is -0.463 e. The number of rotatable bonds is 5. The van der Waals surface area contributed by atoms with Gasteiger partial charge in [-0.1, -0.05) is 24.8 Å². The summed E-state index contributed by atoms with van der Waals surface area (Å²) in [6.07, 6.45) is 2.29. The van der Waals surface area contributed by atoms with Gasteiger partial charge in [0.25, 0.3) is 0 Å². The number of hydrogen-bond acceptors (Lipinski definition) is 2. The lowest BCUT2D eigenvalue weighted by Crippen LogP contribution is -2.03. The fraction of sp³-hybridized carbons (Fsp3) is 0.250. The highest BCUT2D eigenvalue weighted by atomic mass is 19.1. The number of hydrogen-bond donors (Lipinski definition) is 0. The summed E-state index contributed by atoms with van der Waals surface area (Å²) >= 11 is 0. The fourth-order valence-corrected chi connectivity index (χ4v) is 1.20. The minimum atomic E-state index is -0.441. The highest BCUT2D eigenvalue weighted by Crippen LogP contribution is 2.08. The number of halogens is 1. The van der Waals surface area contributed by atoms with Gasteiger partial charge < -0.3 is 4.74 Å². The second kappa shape index (κ2) is 5.96. The first-order chi connectivity index (χ1) is 7.24. The van der Waals surface area contributed by atoms with E-state index in [0.29, 0.717) is 25.0 Å². The smallest absolute Gasteiger partial charge is 0.330 e. The summed E-state index contributed by atoms with van der Waals surface area (Å²) in [5, 5.41) is 0. The molecule has 0 aliphatic rings. The van der Waals surface area contributed by atoms with E-state index in [1.54, 1.807) is 18.2 Å². The normalized spacial score (nSPS) is 9.67. The highest BCUT2D eigenvalue weighted by Gasteiger charge is 2.01. The van der Waals surface area contributed by atoms with Gasteiger partial charge in [0.15, 0.2) is 0 Å². The third kappa shape index (κ3) is 3.94. The molecular weight excluding hydrogens is 195 g/mol. The maximum Gasteiger partial charge on any atom is 0.330 e. The molecule has 0 fully saturated rings. The predicted octanol–water partition coefficient (Wildman–Crippen LogP) is 2.49. The highest BCUT2D eigenvalue weighted by molar-refractivity contribution is 5.81. The van der Waals surface area contributed by atoms with Gasteiger partial charge in [0, 0.05) is 6.08 Å². The average Bonchev–Trinajstić information content (AvgIpc) is 2.26. The Labute approximate surface area is 88.4 Å². The fourth-order valence-electron chi connectivity index (χ4n) is 1.20. The topological polar surface area (TPSA) is 26.3 Å². The van der Waals surface area contributed by atoms with Crippen molar-refractivity contribution in [1.82, 2.24) is 0 Å². The monoisotopic (exact) mass is 208 g/mol. The van der Waals surface area contributed by atoms with E-state index in [1.165, 1.54) is 6.07 Å². The van der Waals surface area contributed by atoms with Crippen molar-refractivity contribution in [3.05, 3.63) is 48.3 Å². The van der Waals surface area contributed by atoms with Gasteiger partial charge in [-0.2, -0.15) is 0 Å². The minimum absolute atomic E-state index is 0.215. The number of aryl methyl sites for hydroxylation is 1. The molecule has 0 saturated carbocycles. The van der Waals surface area contributed by atoms with Crippen molar-refractivity contribution < 1.29 is 13.9 Å². The number of ether oxygens (including phenoxy) is 1. The summed E-state index contributed by atoms with van der Waals surface area (Å²) in [6, 6.07) is 6.58. The van der Waals surface area contributed by atoms with Gasteiger partial charge in [-0.15, -0.1) is 0 Å². The standard InChI is InChI=1S/C12H13FO2/c1-2-12(14)15-9-5-7-10-6-3-4-8-11(10)13/h2-4,6,8H,1,5,7,9H2. The summed E-state index contributed by atoms with van der Waals surface area (Å²) in [5.74, 6) is -0.656. The van der Waals surface area contributed by atoms with E-state index in [-0.39, 0.29) is 5.82 Å². The zero-order valence-electron chi connectivity index (χ0n) is 8.41. The first-order valence-corrected chi connectivity index (χ1v) is 4.76. The number of carbonyl (C=O) groups is 1. The molecule has 1 aromatic carbocycles. The Bertz CT molecular complexity index is 347. The molecule has 2 nitrogen and oxygen atoms in total. The van der Waals surface area contributed by atoms with Crippen LogP contribution < -0.4 is 0 Å². The van der Waals surface area contributed by atoms with Crippen LogP contribution in [0.3, 0.4) is 0 Å². The van der Waals surface area contributed by atoms with Crippen molar-refractivity contribution in [2.24, 2.45) is 0 Å². The van der Waals surface area contributed by atoms with E-state index in [9.17, 15) is 9.18 Å². The molecule has 0 atom stereocenters. The Morgan fingerprint density at radius 1 is 1.47 bits per heavy atom. The van der Waals surface area contributed by atoms with Crippen molar-refractivity contribution in [3.63, 3.8) is 0 Å². The number of esters is 1. The molecule has 0 spiro atoms. The Morgan fingerprint density at radius 2 is 2.20 bits per heavy atom. The Kier molecular flexibility index (Phi) is 4.54. The Hall–Kier alpha value is -1.64. The lowest BCUT2D eigenvalue weighted by atomic mass is 10.1. The SMILES string of the molecule is C=CC(=O)OCCCc1ccccc1F. The van der Waals surface area contributed by atoms with Crippen LogP contribution in [0.4, 0.5) is 4.39 Å². The zero-order valence-corrected chi connectivity index (χ0v) is 8.41. The van der Waals surface area contributed by atoms with Gasteiger partial charge in [0.05, 0.1) is 6.61 Å². The molecule has 1 rings (SSSR count). The molecule has 0 heterocycles. The van der Waals surface area contributed by atoms with Crippen LogP contribution in [0.15, 0.2) is 36.9 Å². The molecule has 0 radical (unpaired) electrons. The third-order valence-electron chi connectivity index (χ3n) is 1.96. The molecule has 0 N–H and O–H groups in total. The molecule has 0 unspecified atom stereocenters. The van der Waals surface area contributed by atoms with Crippen LogP contribution in [-0.2, 0) is 16.0 Å². The number of benzene rings is 1. The van der Waals surface area contributed by atoms with Gasteiger partial charge in [-0.05, 0) is 24.5 Å². The van der Waals surface area contributed by atoms with E-state index in [0.717, 1.165) is 6.08 Å². The second-order valence-electron chi connectivity index (χ2n) is 3.07. The number of carbonyl (C=O) groups excluding carboxylic acids is 1. The van der Waals surface area contributed by atoms with Gasteiger partial charge in [-0.3, -0.25) is 0 Å². The van der Waals surface area contributed by atoms with Crippen LogP contribution in [0.2, 0.25) is 0 Å². The maximum atomic E-state index is 13.1. The zero-order chi connectivity index (χ0) is 11.1. The Morgan fingerprint density at radius 3 is 2.87 bits per heavy atom. The molecule has 0 aromatic heterocycles. The van der Waals surface area contributed by atoms with Crippen LogP contribution in [0.25, 0.3) is 0 Å².